The Morgan fingerprint density at radius 3 is 2.60 bits per heavy atom. The largest absolute Gasteiger partial charge is 0.443 e. The van der Waals surface area contributed by atoms with Crippen LogP contribution < -0.4 is 10.2 Å². The first-order valence-corrected chi connectivity index (χ1v) is 15.6. The summed E-state index contributed by atoms with van der Waals surface area (Å²) in [6, 6.07) is 14.1. The van der Waals surface area contributed by atoms with Crippen LogP contribution in [0.4, 0.5) is 22.0 Å². The quantitative estimate of drug-likeness (QED) is 0.243. The van der Waals surface area contributed by atoms with Crippen LogP contribution in [-0.4, -0.2) is 46.4 Å². The molecule has 0 radical (unpaired) electrons. The minimum absolute atomic E-state index is 0.0835. The average Bonchev–Trinajstić information content (AvgIpc) is 3.26. The highest BCUT2D eigenvalue weighted by Gasteiger charge is 2.54. The first-order chi connectivity index (χ1) is 20.4. The normalized spacial score (nSPS) is 15.6. The van der Waals surface area contributed by atoms with Crippen molar-refractivity contribution in [2.75, 3.05) is 16.8 Å². The summed E-state index contributed by atoms with van der Waals surface area (Å²) in [6.45, 7) is 6.14. The fraction of sp³-hybridized carbons (Fsp3) is 0.281. The molecular weight excluding hydrogens is 564 g/mol. The molecule has 0 saturated heterocycles. The Hall–Kier alpha value is -4.64. The molecule has 2 N–H and O–H groups in total. The summed E-state index contributed by atoms with van der Waals surface area (Å²) in [4.78, 5) is 23.0. The fourth-order valence-electron chi connectivity index (χ4n) is 5.80. The van der Waals surface area contributed by atoms with Gasteiger partial charge in [-0.15, -0.1) is 0 Å². The smallest absolute Gasteiger partial charge is 0.416 e. The minimum atomic E-state index is -3.84. The Balaban J connectivity index is 1.21. The molecule has 7 rings (SSSR count). The number of H-pyrrole nitrogens is 1. The van der Waals surface area contributed by atoms with E-state index in [0.717, 1.165) is 34.9 Å². The van der Waals surface area contributed by atoms with Crippen LogP contribution in [0.3, 0.4) is 0 Å². The number of benzene rings is 2. The number of pyridine rings is 1. The highest BCUT2D eigenvalue weighted by molar-refractivity contribution is 7.91. The molecule has 1 amide bonds. The number of hydrogen-bond donors (Lipinski definition) is 2. The molecule has 1 fully saturated rings. The van der Waals surface area contributed by atoms with Crippen LogP contribution in [0.2, 0.25) is 0 Å². The molecular formula is C32H32N6O4S. The Bertz CT molecular complexity index is 2020. The summed E-state index contributed by atoms with van der Waals surface area (Å²) < 4.78 is 34.9. The van der Waals surface area contributed by atoms with Crippen molar-refractivity contribution >= 4 is 44.0 Å². The molecule has 1 saturated carbocycles. The van der Waals surface area contributed by atoms with E-state index >= 15 is 0 Å². The predicted octanol–water partition coefficient (Wildman–Crippen LogP) is 6.33. The summed E-state index contributed by atoms with van der Waals surface area (Å²) in [5.74, 6) is 0.655. The molecule has 0 unspecified atom stereocenters. The van der Waals surface area contributed by atoms with E-state index < -0.39 is 15.4 Å². The van der Waals surface area contributed by atoms with Crippen LogP contribution in [0.25, 0.3) is 22.0 Å². The van der Waals surface area contributed by atoms with Crippen molar-refractivity contribution in [3.8, 4) is 11.1 Å². The summed E-state index contributed by atoms with van der Waals surface area (Å²) in [7, 11) is -2.04. The fourth-order valence-corrected chi connectivity index (χ4v) is 7.24. The van der Waals surface area contributed by atoms with E-state index in [1.54, 1.807) is 71.6 Å². The molecule has 3 aromatic heterocycles. The molecule has 220 valence electrons. The van der Waals surface area contributed by atoms with E-state index in [-0.39, 0.29) is 21.3 Å². The Morgan fingerprint density at radius 1 is 1.09 bits per heavy atom. The van der Waals surface area contributed by atoms with Crippen molar-refractivity contribution < 1.29 is 17.9 Å². The zero-order valence-electron chi connectivity index (χ0n) is 24.4. The number of para-hydroxylation sites is 1. The maximum absolute atomic E-state index is 13.8. The number of ether oxygens (including phenoxy) is 1. The molecule has 1 aliphatic heterocycles. The number of sulfone groups is 1. The molecule has 11 heteroatoms. The lowest BCUT2D eigenvalue weighted by Crippen LogP contribution is -2.37. The van der Waals surface area contributed by atoms with E-state index in [1.165, 1.54) is 0 Å². The van der Waals surface area contributed by atoms with E-state index in [0.29, 0.717) is 29.3 Å². The van der Waals surface area contributed by atoms with Gasteiger partial charge in [-0.05, 0) is 63.9 Å². The highest BCUT2D eigenvalue weighted by Crippen LogP contribution is 2.56. The lowest BCUT2D eigenvalue weighted by atomic mass is 9.97. The lowest BCUT2D eigenvalue weighted by molar-refractivity contribution is 0.0580. The number of nitrogens with zero attached hydrogens (tertiary/aromatic N) is 4. The van der Waals surface area contributed by atoms with Crippen molar-refractivity contribution in [1.82, 2.24) is 19.7 Å². The Labute approximate surface area is 249 Å². The van der Waals surface area contributed by atoms with E-state index in [1.807, 2.05) is 33.0 Å². The average molecular weight is 597 g/mol. The van der Waals surface area contributed by atoms with E-state index in [2.05, 4.69) is 21.5 Å². The van der Waals surface area contributed by atoms with Crippen molar-refractivity contribution in [1.29, 1.82) is 0 Å². The molecule has 1 aliphatic carbocycles. The Morgan fingerprint density at radius 2 is 1.88 bits per heavy atom. The molecule has 10 nitrogen and oxygen atoms in total. The minimum Gasteiger partial charge on any atom is -0.443 e. The van der Waals surface area contributed by atoms with Gasteiger partial charge in [0.25, 0.3) is 0 Å². The standard InChI is InChI=1S/C32H32N6O4S/c1-31(2,3)42-30(39)38-19-32(11-12-32)25-13-20(15-34-29(25)38)24-17-33-27-14-22(9-10-23(24)27)43(40,41)28-8-6-5-7-26(28)36-21-16-35-37(4)18-21/h5-10,13-18,33,36H,11-12,19H2,1-4H3. The number of aromatic nitrogens is 4. The van der Waals surface area contributed by atoms with Gasteiger partial charge >= 0.3 is 6.09 Å². The SMILES string of the molecule is Cn1cc(Nc2ccccc2S(=O)(=O)c2ccc3c(-c4cnc5c(c4)C4(CC4)CN5C(=O)OC(C)(C)C)c[nH]c3c2)cn1. The van der Waals surface area contributed by atoms with Gasteiger partial charge in [0.05, 0.1) is 27.4 Å². The van der Waals surface area contributed by atoms with E-state index in [9.17, 15) is 13.2 Å². The first kappa shape index (κ1) is 27.2. The zero-order valence-corrected chi connectivity index (χ0v) is 25.2. The molecule has 4 heterocycles. The van der Waals surface area contributed by atoms with Gasteiger partial charge in [0.2, 0.25) is 9.84 Å². The summed E-state index contributed by atoms with van der Waals surface area (Å²) in [5.41, 5.74) is 4.07. The second-order valence-electron chi connectivity index (χ2n) is 12.4. The third kappa shape index (κ3) is 4.73. The van der Waals surface area contributed by atoms with Crippen molar-refractivity contribution in [2.24, 2.45) is 7.05 Å². The second kappa shape index (κ2) is 9.43. The molecule has 5 aromatic rings. The Kier molecular flexibility index (Phi) is 5.97. The molecule has 2 aromatic carbocycles. The summed E-state index contributed by atoms with van der Waals surface area (Å²) in [5, 5.41) is 8.21. The van der Waals surface area contributed by atoms with Crippen molar-refractivity contribution in [2.45, 2.75) is 54.4 Å². The number of carbonyl (C=O) groups is 1. The van der Waals surface area contributed by atoms with Gasteiger partial charge in [-0.2, -0.15) is 5.10 Å². The van der Waals surface area contributed by atoms with Gasteiger partial charge < -0.3 is 15.0 Å². The van der Waals surface area contributed by atoms with Gasteiger partial charge in [0.1, 0.15) is 11.4 Å². The third-order valence-corrected chi connectivity index (χ3v) is 9.87. The highest BCUT2D eigenvalue weighted by atomic mass is 32.2. The number of amides is 1. The van der Waals surface area contributed by atoms with Crippen LogP contribution in [0.15, 0.2) is 83.1 Å². The van der Waals surface area contributed by atoms with Crippen LogP contribution >= 0.6 is 0 Å². The van der Waals surface area contributed by atoms with Crippen LogP contribution in [0, 0.1) is 0 Å². The number of carbonyl (C=O) groups excluding carboxylic acids is 1. The zero-order chi connectivity index (χ0) is 30.1. The van der Waals surface area contributed by atoms with Crippen LogP contribution in [-0.2, 0) is 27.0 Å². The summed E-state index contributed by atoms with van der Waals surface area (Å²) >= 11 is 0. The number of aryl methyl sites for hydroxylation is 1. The molecule has 43 heavy (non-hydrogen) atoms. The molecule has 0 bridgehead atoms. The monoisotopic (exact) mass is 596 g/mol. The van der Waals surface area contributed by atoms with Crippen molar-refractivity contribution in [3.63, 3.8) is 0 Å². The predicted molar refractivity (Wildman–Crippen MR) is 164 cm³/mol. The maximum atomic E-state index is 13.8. The van der Waals surface area contributed by atoms with E-state index in [4.69, 9.17) is 9.72 Å². The van der Waals surface area contributed by atoms with Crippen LogP contribution in [0.5, 0.6) is 0 Å². The van der Waals surface area contributed by atoms with Crippen LogP contribution in [0.1, 0.15) is 39.2 Å². The topological polar surface area (TPSA) is 122 Å². The number of hydrogen-bond acceptors (Lipinski definition) is 7. The maximum Gasteiger partial charge on any atom is 0.416 e. The van der Waals surface area contributed by atoms with Gasteiger partial charge in [0, 0.05) is 65.2 Å². The number of nitrogens with one attached hydrogen (secondary N) is 2. The second-order valence-corrected chi connectivity index (χ2v) is 14.3. The van der Waals surface area contributed by atoms with Crippen molar-refractivity contribution in [3.05, 3.63) is 78.9 Å². The number of aromatic amines is 1. The van der Waals surface area contributed by atoms with Gasteiger partial charge in [0.15, 0.2) is 0 Å². The lowest BCUT2D eigenvalue weighted by Gasteiger charge is -2.24. The van der Waals surface area contributed by atoms with Gasteiger partial charge in [-0.3, -0.25) is 9.58 Å². The van der Waals surface area contributed by atoms with Gasteiger partial charge in [-0.25, -0.2) is 18.2 Å². The number of anilines is 3. The number of rotatable bonds is 5. The third-order valence-electron chi connectivity index (χ3n) is 8.06. The molecule has 1 spiro atoms. The molecule has 0 atom stereocenters. The molecule has 2 aliphatic rings. The number of fused-ring (bicyclic) bond motifs is 3. The first-order valence-electron chi connectivity index (χ1n) is 14.2. The summed E-state index contributed by atoms with van der Waals surface area (Å²) in [6.07, 6.45) is 8.69. The van der Waals surface area contributed by atoms with Gasteiger partial charge in [-0.1, -0.05) is 18.2 Å².